The van der Waals surface area contributed by atoms with Crippen molar-refractivity contribution in [3.05, 3.63) is 21.3 Å². The van der Waals surface area contributed by atoms with E-state index in [-0.39, 0.29) is 12.1 Å². The van der Waals surface area contributed by atoms with Crippen molar-refractivity contribution in [1.29, 1.82) is 0 Å². The van der Waals surface area contributed by atoms with Crippen molar-refractivity contribution in [3.63, 3.8) is 0 Å². The SMILES string of the molecule is CCNC(c1ccc(Cl)s1)C1CN(C)CCO1. The van der Waals surface area contributed by atoms with Crippen LogP contribution in [0.2, 0.25) is 4.34 Å². The Morgan fingerprint density at radius 1 is 1.65 bits per heavy atom. The van der Waals surface area contributed by atoms with Crippen molar-refractivity contribution >= 4 is 22.9 Å². The van der Waals surface area contributed by atoms with E-state index in [1.807, 2.05) is 6.07 Å². The monoisotopic (exact) mass is 274 g/mol. The number of halogens is 1. The summed E-state index contributed by atoms with van der Waals surface area (Å²) in [6.45, 7) is 5.84. The van der Waals surface area contributed by atoms with Gasteiger partial charge in [-0.1, -0.05) is 18.5 Å². The number of thiophene rings is 1. The van der Waals surface area contributed by atoms with E-state index in [4.69, 9.17) is 16.3 Å². The van der Waals surface area contributed by atoms with Crippen LogP contribution in [0.1, 0.15) is 17.8 Å². The van der Waals surface area contributed by atoms with E-state index in [1.54, 1.807) is 11.3 Å². The highest BCUT2D eigenvalue weighted by molar-refractivity contribution is 7.16. The molecule has 2 heterocycles. The zero-order chi connectivity index (χ0) is 12.3. The molecule has 1 aromatic heterocycles. The van der Waals surface area contributed by atoms with Crippen LogP contribution in [0.3, 0.4) is 0 Å². The lowest BCUT2D eigenvalue weighted by Crippen LogP contribution is -2.46. The number of hydrogen-bond acceptors (Lipinski definition) is 4. The minimum absolute atomic E-state index is 0.211. The molecule has 17 heavy (non-hydrogen) atoms. The molecule has 0 spiro atoms. The number of rotatable bonds is 4. The van der Waals surface area contributed by atoms with E-state index in [2.05, 4.69) is 30.3 Å². The molecule has 3 nitrogen and oxygen atoms in total. The van der Waals surface area contributed by atoms with Gasteiger partial charge < -0.3 is 15.0 Å². The van der Waals surface area contributed by atoms with Crippen LogP contribution in [0.5, 0.6) is 0 Å². The molecule has 0 aliphatic carbocycles. The number of morpholine rings is 1. The molecule has 1 saturated heterocycles. The second-order valence-electron chi connectivity index (χ2n) is 4.35. The van der Waals surface area contributed by atoms with Gasteiger partial charge in [0.05, 0.1) is 23.1 Å². The summed E-state index contributed by atoms with van der Waals surface area (Å²) in [5.74, 6) is 0. The first kappa shape index (κ1) is 13.3. The van der Waals surface area contributed by atoms with Crippen LogP contribution in [-0.2, 0) is 4.74 Å². The molecule has 2 rings (SSSR count). The molecule has 2 atom stereocenters. The van der Waals surface area contributed by atoms with Crippen LogP contribution in [0, 0.1) is 0 Å². The zero-order valence-corrected chi connectivity index (χ0v) is 11.9. The summed E-state index contributed by atoms with van der Waals surface area (Å²) in [5, 5.41) is 3.50. The maximum atomic E-state index is 6.01. The highest BCUT2D eigenvalue weighted by atomic mass is 35.5. The van der Waals surface area contributed by atoms with Gasteiger partial charge in [-0.05, 0) is 25.7 Å². The Hall–Kier alpha value is -0.130. The Balaban J connectivity index is 2.10. The first-order valence-corrected chi connectivity index (χ1v) is 7.19. The number of nitrogens with one attached hydrogen (secondary N) is 1. The maximum Gasteiger partial charge on any atom is 0.0931 e. The van der Waals surface area contributed by atoms with Crippen molar-refractivity contribution < 1.29 is 4.74 Å². The predicted octanol–water partition coefficient (Wildman–Crippen LogP) is 2.38. The van der Waals surface area contributed by atoms with Crippen molar-refractivity contribution in [2.75, 3.05) is 33.3 Å². The second kappa shape index (κ2) is 6.16. The van der Waals surface area contributed by atoms with Gasteiger partial charge in [0.1, 0.15) is 0 Å². The minimum Gasteiger partial charge on any atom is -0.374 e. The summed E-state index contributed by atoms with van der Waals surface area (Å²) in [5.41, 5.74) is 0. The van der Waals surface area contributed by atoms with Crippen LogP contribution >= 0.6 is 22.9 Å². The zero-order valence-electron chi connectivity index (χ0n) is 10.3. The fourth-order valence-electron chi connectivity index (χ4n) is 2.14. The molecule has 5 heteroatoms. The van der Waals surface area contributed by atoms with E-state index in [9.17, 15) is 0 Å². The van der Waals surface area contributed by atoms with Gasteiger partial charge in [-0.25, -0.2) is 0 Å². The van der Waals surface area contributed by atoms with E-state index in [1.165, 1.54) is 4.88 Å². The van der Waals surface area contributed by atoms with E-state index in [0.29, 0.717) is 0 Å². The molecule has 2 unspecified atom stereocenters. The summed E-state index contributed by atoms with van der Waals surface area (Å²) in [4.78, 5) is 3.57. The Bertz CT molecular complexity index is 358. The van der Waals surface area contributed by atoms with Gasteiger partial charge in [-0.3, -0.25) is 0 Å². The summed E-state index contributed by atoms with van der Waals surface area (Å²) in [6.07, 6.45) is 0.211. The highest BCUT2D eigenvalue weighted by Gasteiger charge is 2.28. The fourth-order valence-corrected chi connectivity index (χ4v) is 3.33. The predicted molar refractivity (Wildman–Crippen MR) is 73.0 cm³/mol. The van der Waals surface area contributed by atoms with Gasteiger partial charge in [-0.2, -0.15) is 0 Å². The standard InChI is InChI=1S/C12H19ClN2OS/c1-3-14-12(10-4-5-11(13)17-10)9-8-15(2)6-7-16-9/h4-5,9,12,14H,3,6-8H2,1-2H3. The molecule has 96 valence electrons. The third-order valence-corrected chi connectivity index (χ3v) is 4.31. The lowest BCUT2D eigenvalue weighted by atomic mass is 10.1. The molecule has 1 N–H and O–H groups in total. The molecule has 0 amide bonds. The lowest BCUT2D eigenvalue weighted by Gasteiger charge is -2.35. The smallest absolute Gasteiger partial charge is 0.0931 e. The Labute approximate surface area is 112 Å². The topological polar surface area (TPSA) is 24.5 Å². The first-order chi connectivity index (χ1) is 8.20. The molecular weight excluding hydrogens is 256 g/mol. The number of hydrogen-bond donors (Lipinski definition) is 1. The fraction of sp³-hybridized carbons (Fsp3) is 0.667. The summed E-state index contributed by atoms with van der Waals surface area (Å²) < 4.78 is 6.73. The summed E-state index contributed by atoms with van der Waals surface area (Å²) >= 11 is 7.65. The third kappa shape index (κ3) is 3.42. The molecular formula is C12H19ClN2OS. The molecule has 0 saturated carbocycles. The second-order valence-corrected chi connectivity index (χ2v) is 6.10. The number of nitrogens with zero attached hydrogens (tertiary/aromatic N) is 1. The average molecular weight is 275 g/mol. The number of ether oxygens (including phenoxy) is 1. The quantitative estimate of drug-likeness (QED) is 0.912. The van der Waals surface area contributed by atoms with Gasteiger partial charge in [0.15, 0.2) is 0 Å². The molecule has 0 radical (unpaired) electrons. The highest BCUT2D eigenvalue weighted by Crippen LogP contribution is 2.30. The van der Waals surface area contributed by atoms with E-state index < -0.39 is 0 Å². The van der Waals surface area contributed by atoms with E-state index in [0.717, 1.165) is 30.6 Å². The summed E-state index contributed by atoms with van der Waals surface area (Å²) in [7, 11) is 2.14. The molecule has 1 aromatic rings. The van der Waals surface area contributed by atoms with Crippen molar-refractivity contribution in [3.8, 4) is 0 Å². The number of likely N-dealkylation sites (N-methyl/N-ethyl adjacent to an activating group) is 2. The normalized spacial score (nSPS) is 23.8. The molecule has 0 bridgehead atoms. The molecule has 1 aliphatic rings. The van der Waals surface area contributed by atoms with E-state index >= 15 is 0 Å². The van der Waals surface area contributed by atoms with Crippen LogP contribution in [0.15, 0.2) is 12.1 Å². The maximum absolute atomic E-state index is 6.01. The Kier molecular flexibility index (Phi) is 4.82. The van der Waals surface area contributed by atoms with Gasteiger partial charge in [0, 0.05) is 18.0 Å². The third-order valence-electron chi connectivity index (χ3n) is 2.99. The molecule has 0 aromatic carbocycles. The van der Waals surface area contributed by atoms with Gasteiger partial charge >= 0.3 is 0 Å². The molecule has 1 aliphatic heterocycles. The molecule has 1 fully saturated rings. The summed E-state index contributed by atoms with van der Waals surface area (Å²) in [6, 6.07) is 4.30. The largest absolute Gasteiger partial charge is 0.374 e. The van der Waals surface area contributed by atoms with Crippen LogP contribution in [-0.4, -0.2) is 44.3 Å². The average Bonchev–Trinajstić information content (AvgIpc) is 2.72. The Morgan fingerprint density at radius 2 is 2.47 bits per heavy atom. The van der Waals surface area contributed by atoms with Gasteiger partial charge in [-0.15, -0.1) is 11.3 Å². The minimum atomic E-state index is 0.211. The van der Waals surface area contributed by atoms with Crippen molar-refractivity contribution in [1.82, 2.24) is 10.2 Å². The van der Waals surface area contributed by atoms with Gasteiger partial charge in [0.2, 0.25) is 0 Å². The van der Waals surface area contributed by atoms with Crippen LogP contribution in [0.25, 0.3) is 0 Å². The Morgan fingerprint density at radius 3 is 3.06 bits per heavy atom. The van der Waals surface area contributed by atoms with Crippen molar-refractivity contribution in [2.24, 2.45) is 0 Å². The van der Waals surface area contributed by atoms with Crippen LogP contribution < -0.4 is 5.32 Å². The van der Waals surface area contributed by atoms with Gasteiger partial charge in [0.25, 0.3) is 0 Å². The van der Waals surface area contributed by atoms with Crippen molar-refractivity contribution in [2.45, 2.75) is 19.1 Å². The lowest BCUT2D eigenvalue weighted by molar-refractivity contribution is -0.0384. The first-order valence-electron chi connectivity index (χ1n) is 5.99. The van der Waals surface area contributed by atoms with Crippen LogP contribution in [0.4, 0.5) is 0 Å².